The molecule has 0 aromatic heterocycles. The van der Waals surface area contributed by atoms with Crippen molar-refractivity contribution in [3.63, 3.8) is 0 Å². The van der Waals surface area contributed by atoms with Gasteiger partial charge in [0, 0.05) is 5.41 Å². The van der Waals surface area contributed by atoms with Gasteiger partial charge in [0.1, 0.15) is 5.75 Å². The van der Waals surface area contributed by atoms with E-state index in [9.17, 15) is 4.79 Å². The molecule has 3 aliphatic rings. The summed E-state index contributed by atoms with van der Waals surface area (Å²) >= 11 is 0. The molecule has 3 fully saturated rings. The molecule has 2 bridgehead atoms. The summed E-state index contributed by atoms with van der Waals surface area (Å²) < 4.78 is 5.74. The molecule has 3 saturated carbocycles. The van der Waals surface area contributed by atoms with Crippen molar-refractivity contribution in [2.24, 2.45) is 10.8 Å². The highest BCUT2D eigenvalue weighted by Gasteiger charge is 2.72. The second-order valence-electron chi connectivity index (χ2n) is 5.72. The molecule has 0 radical (unpaired) electrons. The van der Waals surface area contributed by atoms with Crippen molar-refractivity contribution in [3.8, 4) is 5.75 Å². The van der Waals surface area contributed by atoms with Gasteiger partial charge in [-0.2, -0.15) is 0 Å². The molecule has 0 atom stereocenters. The Bertz CT molecular complexity index is 441. The van der Waals surface area contributed by atoms with E-state index in [0.29, 0.717) is 6.61 Å². The summed E-state index contributed by atoms with van der Waals surface area (Å²) in [6.45, 7) is 2.70. The molecule has 0 amide bonds. The third-order valence-corrected chi connectivity index (χ3v) is 4.16. The number of carboxylic acids is 1. The molecule has 4 rings (SSSR count). The van der Waals surface area contributed by atoms with E-state index in [1.807, 2.05) is 31.2 Å². The van der Waals surface area contributed by atoms with Crippen LogP contribution in [0.15, 0.2) is 24.3 Å². The van der Waals surface area contributed by atoms with Crippen LogP contribution in [0.25, 0.3) is 0 Å². The van der Waals surface area contributed by atoms with Gasteiger partial charge in [0.15, 0.2) is 0 Å². The topological polar surface area (TPSA) is 46.5 Å². The minimum Gasteiger partial charge on any atom is -0.493 e. The predicted octanol–water partition coefficient (Wildman–Crippen LogP) is 2.63. The Balaban J connectivity index is 1.55. The van der Waals surface area contributed by atoms with Crippen molar-refractivity contribution in [2.45, 2.75) is 26.2 Å². The molecule has 3 nitrogen and oxygen atoms in total. The zero-order chi connectivity index (χ0) is 12.1. The fraction of sp³-hybridized carbons (Fsp3) is 0.500. The SMILES string of the molecule is Cc1ccc(OCC23CC(C(=O)O)(C2)C3)cc1. The van der Waals surface area contributed by atoms with E-state index in [4.69, 9.17) is 9.84 Å². The first-order valence-corrected chi connectivity index (χ1v) is 5.97. The number of aliphatic carboxylic acids is 1. The van der Waals surface area contributed by atoms with Gasteiger partial charge in [-0.1, -0.05) is 17.7 Å². The molecule has 1 aromatic rings. The van der Waals surface area contributed by atoms with Crippen LogP contribution in [-0.2, 0) is 4.79 Å². The smallest absolute Gasteiger partial charge is 0.309 e. The van der Waals surface area contributed by atoms with E-state index in [-0.39, 0.29) is 5.41 Å². The van der Waals surface area contributed by atoms with Gasteiger partial charge in [0.2, 0.25) is 0 Å². The van der Waals surface area contributed by atoms with Crippen LogP contribution in [-0.4, -0.2) is 17.7 Å². The lowest BCUT2D eigenvalue weighted by molar-refractivity contribution is -0.231. The maximum absolute atomic E-state index is 11.0. The Hall–Kier alpha value is -1.51. The van der Waals surface area contributed by atoms with Crippen LogP contribution in [0, 0.1) is 17.8 Å². The van der Waals surface area contributed by atoms with E-state index in [1.165, 1.54) is 5.56 Å². The number of rotatable bonds is 4. The van der Waals surface area contributed by atoms with Crippen molar-refractivity contribution in [1.82, 2.24) is 0 Å². The monoisotopic (exact) mass is 232 g/mol. The molecule has 3 aliphatic carbocycles. The molecule has 0 unspecified atom stereocenters. The summed E-state index contributed by atoms with van der Waals surface area (Å²) in [7, 11) is 0. The molecule has 0 aliphatic heterocycles. The molecule has 0 saturated heterocycles. The summed E-state index contributed by atoms with van der Waals surface area (Å²) in [4.78, 5) is 11.0. The van der Waals surface area contributed by atoms with Crippen molar-refractivity contribution >= 4 is 5.97 Å². The highest BCUT2D eigenvalue weighted by atomic mass is 16.5. The van der Waals surface area contributed by atoms with Crippen LogP contribution in [0.5, 0.6) is 5.75 Å². The highest BCUT2D eigenvalue weighted by molar-refractivity contribution is 5.79. The first-order valence-electron chi connectivity index (χ1n) is 5.97. The minimum atomic E-state index is -0.630. The first kappa shape index (κ1) is 10.6. The van der Waals surface area contributed by atoms with E-state index in [2.05, 4.69) is 0 Å². The van der Waals surface area contributed by atoms with Gasteiger partial charge in [0.05, 0.1) is 12.0 Å². The highest BCUT2D eigenvalue weighted by Crippen LogP contribution is 2.73. The number of benzene rings is 1. The first-order chi connectivity index (χ1) is 8.04. The molecule has 0 spiro atoms. The Labute approximate surface area is 100 Å². The summed E-state index contributed by atoms with van der Waals surface area (Å²) in [5, 5.41) is 9.02. The fourth-order valence-corrected chi connectivity index (χ4v) is 3.25. The van der Waals surface area contributed by atoms with Crippen LogP contribution in [0.3, 0.4) is 0 Å². The molecular formula is C14H16O3. The Morgan fingerprint density at radius 2 is 1.88 bits per heavy atom. The summed E-state index contributed by atoms with van der Waals surface area (Å²) in [5.74, 6) is 0.249. The van der Waals surface area contributed by atoms with E-state index in [1.54, 1.807) is 0 Å². The Morgan fingerprint density at radius 3 is 2.41 bits per heavy atom. The molecule has 90 valence electrons. The maximum Gasteiger partial charge on any atom is 0.309 e. The third kappa shape index (κ3) is 1.53. The van der Waals surface area contributed by atoms with Crippen LogP contribution in [0.1, 0.15) is 24.8 Å². The van der Waals surface area contributed by atoms with E-state index < -0.39 is 11.4 Å². The number of carboxylic acid groups (broad SMARTS) is 1. The normalized spacial score (nSPS) is 33.5. The third-order valence-electron chi connectivity index (χ3n) is 4.16. The number of aryl methyl sites for hydroxylation is 1. The molecule has 1 aromatic carbocycles. The lowest BCUT2D eigenvalue weighted by Gasteiger charge is -2.67. The van der Waals surface area contributed by atoms with Crippen molar-refractivity contribution < 1.29 is 14.6 Å². The largest absolute Gasteiger partial charge is 0.493 e. The standard InChI is InChI=1S/C14H16O3/c1-10-2-4-11(5-3-10)17-9-13-6-14(7-13,8-13)12(15)16/h2-5H,6-9H2,1H3,(H,15,16). The summed E-state index contributed by atoms with van der Waals surface area (Å²) in [5.41, 5.74) is 0.979. The van der Waals surface area contributed by atoms with Gasteiger partial charge in [-0.25, -0.2) is 0 Å². The predicted molar refractivity (Wildman–Crippen MR) is 63.0 cm³/mol. The Kier molecular flexibility index (Phi) is 2.03. The van der Waals surface area contributed by atoms with Crippen LogP contribution in [0.4, 0.5) is 0 Å². The number of ether oxygens (including phenoxy) is 1. The average Bonchev–Trinajstić information content (AvgIpc) is 2.16. The van der Waals surface area contributed by atoms with Gasteiger partial charge < -0.3 is 9.84 Å². The van der Waals surface area contributed by atoms with Crippen molar-refractivity contribution in [1.29, 1.82) is 0 Å². The lowest BCUT2D eigenvalue weighted by Crippen LogP contribution is -2.67. The molecule has 1 N–H and O–H groups in total. The van der Waals surface area contributed by atoms with E-state index in [0.717, 1.165) is 25.0 Å². The minimum absolute atomic E-state index is 0.156. The molecule has 0 heterocycles. The second-order valence-corrected chi connectivity index (χ2v) is 5.72. The zero-order valence-corrected chi connectivity index (χ0v) is 9.90. The summed E-state index contributed by atoms with van der Waals surface area (Å²) in [6, 6.07) is 7.98. The summed E-state index contributed by atoms with van der Waals surface area (Å²) in [6.07, 6.45) is 2.38. The van der Waals surface area contributed by atoms with Crippen molar-refractivity contribution in [3.05, 3.63) is 29.8 Å². The van der Waals surface area contributed by atoms with E-state index >= 15 is 0 Å². The molecule has 17 heavy (non-hydrogen) atoms. The van der Waals surface area contributed by atoms with Crippen LogP contribution < -0.4 is 4.74 Å². The zero-order valence-electron chi connectivity index (χ0n) is 9.90. The van der Waals surface area contributed by atoms with Gasteiger partial charge in [0.25, 0.3) is 0 Å². The van der Waals surface area contributed by atoms with Crippen LogP contribution in [0.2, 0.25) is 0 Å². The fourth-order valence-electron chi connectivity index (χ4n) is 3.25. The Morgan fingerprint density at radius 1 is 1.29 bits per heavy atom. The average molecular weight is 232 g/mol. The van der Waals surface area contributed by atoms with Gasteiger partial charge in [-0.3, -0.25) is 4.79 Å². The van der Waals surface area contributed by atoms with Gasteiger partial charge >= 0.3 is 5.97 Å². The van der Waals surface area contributed by atoms with Crippen LogP contribution >= 0.6 is 0 Å². The number of carbonyl (C=O) groups is 1. The number of hydrogen-bond donors (Lipinski definition) is 1. The lowest BCUT2D eigenvalue weighted by atomic mass is 9.35. The molecule has 3 heteroatoms. The maximum atomic E-state index is 11.0. The van der Waals surface area contributed by atoms with Gasteiger partial charge in [-0.05, 0) is 38.3 Å². The number of hydrogen-bond acceptors (Lipinski definition) is 2. The second kappa shape index (κ2) is 3.25. The quantitative estimate of drug-likeness (QED) is 0.868. The van der Waals surface area contributed by atoms with Gasteiger partial charge in [-0.15, -0.1) is 0 Å². The molecular weight excluding hydrogens is 216 g/mol. The van der Waals surface area contributed by atoms with Crippen molar-refractivity contribution in [2.75, 3.05) is 6.61 Å².